The Labute approximate surface area is 144 Å². The van der Waals surface area contributed by atoms with Crippen LogP contribution in [-0.2, 0) is 9.59 Å². The number of aldehydes is 1. The summed E-state index contributed by atoms with van der Waals surface area (Å²) >= 11 is 0. The van der Waals surface area contributed by atoms with Crippen LogP contribution in [0.4, 0.5) is 5.69 Å². The molecule has 1 aromatic heterocycles. The molecule has 1 atom stereocenters. The number of benzene rings is 1. The monoisotopic (exact) mass is 346 g/mol. The number of oxazole rings is 1. The van der Waals surface area contributed by atoms with Gasteiger partial charge in [0.25, 0.3) is 0 Å². The Morgan fingerprint density at radius 2 is 2.16 bits per heavy atom. The highest BCUT2D eigenvalue weighted by molar-refractivity contribution is 5.80. The summed E-state index contributed by atoms with van der Waals surface area (Å²) in [6.45, 7) is 3.60. The maximum Gasteiger partial charge on any atom is 0.420 e. The quantitative estimate of drug-likeness (QED) is 0.729. The maximum atomic E-state index is 12.3. The number of hydrogen-bond acceptors (Lipinski definition) is 6. The van der Waals surface area contributed by atoms with Crippen LogP contribution >= 0.6 is 0 Å². The highest BCUT2D eigenvalue weighted by Crippen LogP contribution is 2.24. The fourth-order valence-corrected chi connectivity index (χ4v) is 3.12. The summed E-state index contributed by atoms with van der Waals surface area (Å²) in [6.07, 6.45) is 1.10. The van der Waals surface area contributed by atoms with Crippen molar-refractivity contribution in [2.24, 2.45) is 0 Å². The molecule has 0 spiro atoms. The van der Waals surface area contributed by atoms with Gasteiger partial charge in [-0.25, -0.2) is 4.79 Å². The molecule has 134 valence electrons. The Morgan fingerprint density at radius 1 is 1.40 bits per heavy atom. The van der Waals surface area contributed by atoms with Gasteiger partial charge in [0.1, 0.15) is 6.29 Å². The number of amides is 1. The summed E-state index contributed by atoms with van der Waals surface area (Å²) in [5, 5.41) is 5.80. The van der Waals surface area contributed by atoms with Crippen molar-refractivity contribution in [1.82, 2.24) is 15.2 Å². The third kappa shape index (κ3) is 3.58. The van der Waals surface area contributed by atoms with Crippen LogP contribution in [0.15, 0.2) is 27.4 Å². The van der Waals surface area contributed by atoms with Gasteiger partial charge in [0.15, 0.2) is 5.58 Å². The Morgan fingerprint density at radius 3 is 2.84 bits per heavy atom. The molecule has 0 saturated carbocycles. The number of rotatable bonds is 6. The SMILES string of the molecule is CNC(=O)CCC(C=O)n1c(=O)oc2cc(N3CCNCC3)ccc21. The van der Waals surface area contributed by atoms with Gasteiger partial charge in [-0.1, -0.05) is 0 Å². The second-order valence-electron chi connectivity index (χ2n) is 6.04. The van der Waals surface area contributed by atoms with Crippen LogP contribution in [0.2, 0.25) is 0 Å². The molecular formula is C17H22N4O4. The molecule has 25 heavy (non-hydrogen) atoms. The lowest BCUT2D eigenvalue weighted by Crippen LogP contribution is -2.43. The molecule has 1 aliphatic rings. The second kappa shape index (κ2) is 7.52. The molecule has 8 heteroatoms. The Balaban J connectivity index is 1.90. The van der Waals surface area contributed by atoms with E-state index in [2.05, 4.69) is 15.5 Å². The van der Waals surface area contributed by atoms with E-state index in [1.807, 2.05) is 12.1 Å². The minimum Gasteiger partial charge on any atom is -0.408 e. The summed E-state index contributed by atoms with van der Waals surface area (Å²) in [5.74, 6) is -0.754. The average Bonchev–Trinajstić information content (AvgIpc) is 2.98. The first-order valence-electron chi connectivity index (χ1n) is 8.40. The van der Waals surface area contributed by atoms with Gasteiger partial charge in [0.05, 0.1) is 11.6 Å². The third-order valence-corrected chi connectivity index (χ3v) is 4.51. The van der Waals surface area contributed by atoms with Gasteiger partial charge in [0.2, 0.25) is 5.91 Å². The molecule has 2 N–H and O–H groups in total. The molecule has 2 heterocycles. The van der Waals surface area contributed by atoms with Crippen molar-refractivity contribution >= 4 is 29.0 Å². The smallest absolute Gasteiger partial charge is 0.408 e. The van der Waals surface area contributed by atoms with Gasteiger partial charge in [-0.3, -0.25) is 9.36 Å². The summed E-state index contributed by atoms with van der Waals surface area (Å²) in [5.41, 5.74) is 2.01. The largest absolute Gasteiger partial charge is 0.420 e. The van der Waals surface area contributed by atoms with Crippen LogP contribution in [0.3, 0.4) is 0 Å². The first-order valence-corrected chi connectivity index (χ1v) is 8.40. The van der Waals surface area contributed by atoms with Crippen molar-refractivity contribution in [1.29, 1.82) is 0 Å². The molecule has 0 bridgehead atoms. The van der Waals surface area contributed by atoms with E-state index in [-0.39, 0.29) is 18.7 Å². The molecule has 1 fully saturated rings. The van der Waals surface area contributed by atoms with E-state index in [4.69, 9.17) is 4.42 Å². The summed E-state index contributed by atoms with van der Waals surface area (Å²) in [7, 11) is 1.54. The summed E-state index contributed by atoms with van der Waals surface area (Å²) in [4.78, 5) is 37.4. The van der Waals surface area contributed by atoms with Crippen LogP contribution in [0, 0.1) is 0 Å². The van der Waals surface area contributed by atoms with E-state index < -0.39 is 11.8 Å². The van der Waals surface area contributed by atoms with E-state index in [1.54, 1.807) is 6.07 Å². The maximum absolute atomic E-state index is 12.3. The number of fused-ring (bicyclic) bond motifs is 1. The van der Waals surface area contributed by atoms with Crippen molar-refractivity contribution in [2.75, 3.05) is 38.1 Å². The zero-order valence-corrected chi connectivity index (χ0v) is 14.2. The number of aromatic nitrogens is 1. The first-order chi connectivity index (χ1) is 12.1. The zero-order valence-electron chi connectivity index (χ0n) is 14.2. The van der Waals surface area contributed by atoms with E-state index in [0.29, 0.717) is 17.4 Å². The fraction of sp³-hybridized carbons (Fsp3) is 0.471. The number of anilines is 1. The van der Waals surface area contributed by atoms with Crippen molar-refractivity contribution in [3.63, 3.8) is 0 Å². The Kier molecular flexibility index (Phi) is 5.18. The van der Waals surface area contributed by atoms with Gasteiger partial charge in [-0.15, -0.1) is 0 Å². The Bertz CT molecular complexity index is 820. The molecule has 1 aliphatic heterocycles. The van der Waals surface area contributed by atoms with Gasteiger partial charge in [-0.05, 0) is 18.6 Å². The molecule has 1 amide bonds. The number of piperazine rings is 1. The summed E-state index contributed by atoms with van der Waals surface area (Å²) < 4.78 is 6.68. The number of nitrogens with zero attached hydrogens (tertiary/aromatic N) is 2. The standard InChI is InChI=1S/C17H22N4O4/c1-18-16(23)5-3-13(11-22)21-14-4-2-12(10-15(14)25-17(21)24)20-8-6-19-7-9-20/h2,4,10-11,13,19H,3,5-9H2,1H3,(H,18,23). The van der Waals surface area contributed by atoms with Crippen LogP contribution in [0.25, 0.3) is 11.1 Å². The van der Waals surface area contributed by atoms with Crippen molar-refractivity contribution in [3.8, 4) is 0 Å². The molecule has 0 radical (unpaired) electrons. The molecule has 0 aliphatic carbocycles. The number of nitrogens with one attached hydrogen (secondary N) is 2. The molecule has 2 aromatic rings. The Hall–Kier alpha value is -2.61. The second-order valence-corrected chi connectivity index (χ2v) is 6.04. The minimum atomic E-state index is -0.726. The van der Waals surface area contributed by atoms with Crippen molar-refractivity contribution in [2.45, 2.75) is 18.9 Å². The average molecular weight is 346 g/mol. The van der Waals surface area contributed by atoms with Crippen LogP contribution in [-0.4, -0.2) is 50.0 Å². The van der Waals surface area contributed by atoms with E-state index in [0.717, 1.165) is 31.9 Å². The third-order valence-electron chi connectivity index (χ3n) is 4.51. The molecule has 3 rings (SSSR count). The molecule has 1 unspecified atom stereocenters. The van der Waals surface area contributed by atoms with Gasteiger partial charge < -0.3 is 24.7 Å². The minimum absolute atomic E-state index is 0.165. The lowest BCUT2D eigenvalue weighted by Gasteiger charge is -2.29. The topological polar surface area (TPSA) is 96.6 Å². The lowest BCUT2D eigenvalue weighted by atomic mass is 10.1. The van der Waals surface area contributed by atoms with Gasteiger partial charge in [0, 0.05) is 51.4 Å². The molecule has 1 aromatic carbocycles. The zero-order chi connectivity index (χ0) is 17.8. The molecular weight excluding hydrogens is 324 g/mol. The highest BCUT2D eigenvalue weighted by atomic mass is 16.4. The lowest BCUT2D eigenvalue weighted by molar-refractivity contribution is -0.121. The van der Waals surface area contributed by atoms with Crippen molar-refractivity contribution < 1.29 is 14.0 Å². The summed E-state index contributed by atoms with van der Waals surface area (Å²) in [6, 6.07) is 4.84. The first kappa shape index (κ1) is 17.2. The van der Waals surface area contributed by atoms with Gasteiger partial charge >= 0.3 is 5.76 Å². The fourth-order valence-electron chi connectivity index (χ4n) is 3.12. The van der Waals surface area contributed by atoms with E-state index in [1.165, 1.54) is 11.6 Å². The highest BCUT2D eigenvalue weighted by Gasteiger charge is 2.20. The number of carbonyl (C=O) groups is 2. The predicted octanol–water partition coefficient (Wildman–Crippen LogP) is 0.270. The van der Waals surface area contributed by atoms with Crippen LogP contribution in [0.1, 0.15) is 18.9 Å². The van der Waals surface area contributed by atoms with Crippen molar-refractivity contribution in [3.05, 3.63) is 28.7 Å². The number of carbonyl (C=O) groups excluding carboxylic acids is 2. The predicted molar refractivity (Wildman–Crippen MR) is 94.0 cm³/mol. The van der Waals surface area contributed by atoms with Crippen LogP contribution in [0.5, 0.6) is 0 Å². The van der Waals surface area contributed by atoms with E-state index >= 15 is 0 Å². The van der Waals surface area contributed by atoms with E-state index in [9.17, 15) is 14.4 Å². The van der Waals surface area contributed by atoms with Crippen LogP contribution < -0.4 is 21.3 Å². The molecule has 8 nitrogen and oxygen atoms in total. The number of hydrogen-bond donors (Lipinski definition) is 2. The normalized spacial score (nSPS) is 16.0. The van der Waals surface area contributed by atoms with Gasteiger partial charge in [-0.2, -0.15) is 0 Å². The molecule has 1 saturated heterocycles.